The summed E-state index contributed by atoms with van der Waals surface area (Å²) in [4.78, 5) is 0. The summed E-state index contributed by atoms with van der Waals surface area (Å²) in [5, 5.41) is 5.32. The number of benzene rings is 10. The fourth-order valence-electron chi connectivity index (χ4n) is 16.2. The molecule has 0 radical (unpaired) electrons. The molecule has 6 atom stereocenters. The second kappa shape index (κ2) is 25.8. The minimum atomic E-state index is -0.826. The summed E-state index contributed by atoms with van der Waals surface area (Å²) in [6.07, 6.45) is 21.6. The molecule has 0 aromatic heterocycles. The first-order valence-electron chi connectivity index (χ1n) is 31.7. The van der Waals surface area contributed by atoms with Gasteiger partial charge in [-0.05, 0) is 308 Å². The van der Waals surface area contributed by atoms with Gasteiger partial charge in [-0.3, -0.25) is 0 Å². The van der Waals surface area contributed by atoms with Gasteiger partial charge in [-0.25, -0.2) is 0 Å². The van der Waals surface area contributed by atoms with Crippen LogP contribution in [0.4, 0.5) is 0 Å². The number of allylic oxidation sites excluding steroid dienone is 4. The monoisotopic (exact) mass is 1270 g/mol. The normalized spacial score (nSPS) is 19.3. The van der Waals surface area contributed by atoms with Crippen LogP contribution in [0.1, 0.15) is 161 Å². The summed E-state index contributed by atoms with van der Waals surface area (Å²) >= 11 is -0.826. The predicted molar refractivity (Wildman–Crippen MR) is 385 cm³/mol. The zero-order chi connectivity index (χ0) is 59.8. The van der Waals surface area contributed by atoms with E-state index in [1.807, 2.05) is 0 Å². The van der Waals surface area contributed by atoms with Gasteiger partial charge in [-0.1, -0.05) is 194 Å². The van der Waals surface area contributed by atoms with E-state index in [9.17, 15) is 0 Å². The van der Waals surface area contributed by atoms with Crippen LogP contribution in [0.25, 0.3) is 79.2 Å². The molecule has 6 aliphatic carbocycles. The molecule has 0 spiro atoms. The molecule has 0 bridgehead atoms. The van der Waals surface area contributed by atoms with Crippen molar-refractivity contribution in [3.05, 3.63) is 308 Å². The molecule has 16 rings (SSSR count). The van der Waals surface area contributed by atoms with Crippen molar-refractivity contribution in [3.8, 4) is 22.3 Å². The van der Waals surface area contributed by atoms with Crippen molar-refractivity contribution in [2.75, 3.05) is 0 Å². The number of hydrogen-bond acceptors (Lipinski definition) is 0. The molecule has 0 aliphatic heterocycles. The number of fused-ring (bicyclic) bond motifs is 12. The van der Waals surface area contributed by atoms with Gasteiger partial charge in [0.15, 0.2) is 0 Å². The third-order valence-corrected chi connectivity index (χ3v) is 21.3. The summed E-state index contributed by atoms with van der Waals surface area (Å²) in [7, 11) is 9.87. The van der Waals surface area contributed by atoms with Crippen LogP contribution in [0.15, 0.2) is 182 Å². The molecule has 3 heteroatoms. The molecule has 2 saturated carbocycles. The topological polar surface area (TPSA) is 0 Å². The van der Waals surface area contributed by atoms with Gasteiger partial charge in [0.25, 0.3) is 0 Å². The van der Waals surface area contributed by atoms with Gasteiger partial charge in [0.05, 0.1) is 0 Å². The summed E-state index contributed by atoms with van der Waals surface area (Å²) in [6, 6.07) is 65.0. The van der Waals surface area contributed by atoms with Crippen molar-refractivity contribution in [2.24, 2.45) is 11.8 Å². The van der Waals surface area contributed by atoms with E-state index < -0.39 is 20.8 Å². The van der Waals surface area contributed by atoms with Gasteiger partial charge in [-0.2, -0.15) is 0 Å². The third-order valence-electron chi connectivity index (χ3n) is 21.3. The van der Waals surface area contributed by atoms with E-state index in [4.69, 9.17) is 17.0 Å². The van der Waals surface area contributed by atoms with E-state index in [0.717, 1.165) is 12.8 Å². The van der Waals surface area contributed by atoms with Gasteiger partial charge < -0.3 is 14.9 Å². The van der Waals surface area contributed by atoms with Crippen molar-refractivity contribution in [1.29, 1.82) is 0 Å². The molecule has 0 heterocycles. The van der Waals surface area contributed by atoms with E-state index >= 15 is 0 Å². The van der Waals surface area contributed by atoms with Crippen molar-refractivity contribution in [2.45, 2.75) is 118 Å². The first kappa shape index (κ1) is 62.3. The average molecular weight is 1280 g/mol. The van der Waals surface area contributed by atoms with Crippen LogP contribution < -0.4 is 0 Å². The first-order valence-corrected chi connectivity index (χ1v) is 38.0. The van der Waals surface area contributed by atoms with Crippen LogP contribution in [0.2, 0.25) is 0 Å². The molecule has 0 nitrogen and oxygen atoms in total. The maximum atomic E-state index is 4.93. The van der Waals surface area contributed by atoms with E-state index in [1.54, 1.807) is 22.3 Å². The van der Waals surface area contributed by atoms with Crippen LogP contribution >= 0.6 is 17.0 Å². The van der Waals surface area contributed by atoms with Gasteiger partial charge in [0.2, 0.25) is 0 Å². The van der Waals surface area contributed by atoms with E-state index in [2.05, 4.69) is 262 Å². The Morgan fingerprint density at radius 2 is 0.685 bits per heavy atom. The Balaban J connectivity index is 0.000000162. The fourth-order valence-corrected chi connectivity index (χ4v) is 16.2. The van der Waals surface area contributed by atoms with Crippen LogP contribution in [-0.2, 0) is 33.7 Å². The quantitative estimate of drug-likeness (QED) is 0.146. The Morgan fingerprint density at radius 1 is 0.348 bits per heavy atom. The molecule has 10 aromatic carbocycles. The van der Waals surface area contributed by atoms with Crippen molar-refractivity contribution in [1.82, 2.24) is 0 Å². The zero-order valence-corrected chi connectivity index (χ0v) is 57.6. The summed E-state index contributed by atoms with van der Waals surface area (Å²) < 4.78 is 0. The number of rotatable bonds is 6. The Morgan fingerprint density at radius 3 is 1.09 bits per heavy atom. The van der Waals surface area contributed by atoms with Crippen LogP contribution in [0.3, 0.4) is 0 Å². The summed E-state index contributed by atoms with van der Waals surface area (Å²) in [5.74, 6) is 3.72. The zero-order valence-electron chi connectivity index (χ0n) is 53.6. The van der Waals surface area contributed by atoms with Crippen molar-refractivity contribution < 1.29 is 20.8 Å². The van der Waals surface area contributed by atoms with Gasteiger partial charge in [0.1, 0.15) is 0 Å². The van der Waals surface area contributed by atoms with Crippen molar-refractivity contribution in [3.63, 3.8) is 0 Å². The molecule has 6 unspecified atom stereocenters. The second-order valence-corrected chi connectivity index (χ2v) is 30.1. The summed E-state index contributed by atoms with van der Waals surface area (Å²) in [5.41, 5.74) is 37.1. The van der Waals surface area contributed by atoms with Crippen LogP contribution in [0, 0.1) is 82.1 Å². The van der Waals surface area contributed by atoms with Gasteiger partial charge >= 0.3 is 37.9 Å². The Kier molecular flexibility index (Phi) is 18.1. The van der Waals surface area contributed by atoms with Crippen LogP contribution in [-0.4, -0.2) is 0 Å². The van der Waals surface area contributed by atoms with E-state index in [0.29, 0.717) is 35.5 Å². The molecule has 10 aromatic rings. The standard InChI is InChI=1S/C42H42.C42H34.2CH3.2ClH.Zr/c2*1-25-17-37(33-21-31-15-13-29-9-5-7-11-35(29)39(31)23-33)41(19-27(25)3)42-20-28(4)26(2)18-38(42)34-22-32-16-14-30-10-6-8-12-36(30)40(32)24-34;;;;;/h5-20,31-34,39-40H,21-24H2,1-4H3;5-20,23-24H,21-22H2,1-4H3;2*1H3;2*1H;/q;;2*-1;;;+4/p-2. The Bertz CT molecular complexity index is 4250. The minimum absolute atomic E-state index is 0. The number of halogens is 2. The molecular formula is C86H82Cl2Zr. The van der Waals surface area contributed by atoms with Crippen LogP contribution in [0.5, 0.6) is 0 Å². The maximum absolute atomic E-state index is 4.93. The molecule has 444 valence electrons. The van der Waals surface area contributed by atoms with E-state index in [-0.39, 0.29) is 14.9 Å². The molecular weight excluding hydrogens is 1200 g/mol. The average Bonchev–Trinajstić information content (AvgIpc) is 1.70. The molecule has 0 saturated heterocycles. The SMILES string of the molecule is Cc1cc(-c2cc(C)c(C)cc2C2CC3C=Cc4ccccc4C3C2)c(C2CC3C=Cc4ccccc4C3C2)cc1C.Cc1cc(C2=Cc3c(ccc4ccccc34)C2)c(-c2cc(C)c(C)cc2C2=Cc3c(ccc4ccccc34)C2)cc1C.[CH3-].[CH3-].[Cl][Zr+2][Cl]. The first-order chi connectivity index (χ1) is 42.3. The Labute approximate surface area is 550 Å². The fraction of sp³-hybridized carbons (Fsp3) is 0.233. The Hall–Kier alpha value is -6.86. The molecule has 0 amide bonds. The molecule has 0 N–H and O–H groups in total. The molecule has 2 fully saturated rings. The van der Waals surface area contributed by atoms with Gasteiger partial charge in [0, 0.05) is 0 Å². The third kappa shape index (κ3) is 11.6. The van der Waals surface area contributed by atoms with Gasteiger partial charge in [-0.15, -0.1) is 0 Å². The number of aryl methyl sites for hydroxylation is 8. The summed E-state index contributed by atoms with van der Waals surface area (Å²) in [6.45, 7) is 18.3. The molecule has 6 aliphatic rings. The van der Waals surface area contributed by atoms with Crippen molar-refractivity contribution >= 4 is 74.0 Å². The molecule has 89 heavy (non-hydrogen) atoms. The predicted octanol–water partition coefficient (Wildman–Crippen LogP) is 24.6. The number of hydrogen-bond donors (Lipinski definition) is 0. The van der Waals surface area contributed by atoms with E-state index in [1.165, 1.54) is 170 Å². The second-order valence-electron chi connectivity index (χ2n) is 26.3.